The Morgan fingerprint density at radius 3 is 2.81 bits per heavy atom. The van der Waals surface area contributed by atoms with Crippen LogP contribution in [0.1, 0.15) is 24.1 Å². The molecule has 0 aliphatic carbocycles. The van der Waals surface area contributed by atoms with Crippen LogP contribution in [0, 0.1) is 6.92 Å². The highest BCUT2D eigenvalue weighted by molar-refractivity contribution is 7.80. The third-order valence-corrected chi connectivity index (χ3v) is 3.39. The third kappa shape index (κ3) is 4.13. The van der Waals surface area contributed by atoms with Crippen molar-refractivity contribution >= 4 is 28.8 Å². The Bertz CT molecular complexity index is 651. The van der Waals surface area contributed by atoms with E-state index in [1.807, 2.05) is 29.8 Å². The molecule has 1 heterocycles. The summed E-state index contributed by atoms with van der Waals surface area (Å²) in [6.07, 6.45) is 2.91. The number of aryl methyl sites for hydroxylation is 2. The number of nitrogens with two attached hydrogens (primary N) is 1. The molecule has 2 aromatic rings. The average molecular weight is 302 g/mol. The molecule has 0 saturated carbocycles. The van der Waals surface area contributed by atoms with Crippen molar-refractivity contribution in [2.24, 2.45) is 5.73 Å². The second kappa shape index (κ2) is 6.99. The molecule has 0 radical (unpaired) electrons. The standard InChI is InChI=1S/C15H18N4OS/c1-11-8-9-17-19(11)10-4-7-14(20)18-13-6-3-2-5-12(13)15(16)21/h2-3,5-6,8-9H,4,7,10H2,1H3,(H2,16,21)(H,18,20). The molecule has 3 N–H and O–H groups in total. The Kier molecular flexibility index (Phi) is 5.05. The molecule has 0 atom stereocenters. The average Bonchev–Trinajstić information content (AvgIpc) is 2.85. The summed E-state index contributed by atoms with van der Waals surface area (Å²) in [7, 11) is 0. The highest BCUT2D eigenvalue weighted by Gasteiger charge is 2.08. The molecule has 0 unspecified atom stereocenters. The number of rotatable bonds is 6. The quantitative estimate of drug-likeness (QED) is 0.803. The fourth-order valence-electron chi connectivity index (χ4n) is 2.04. The molecular formula is C15H18N4OS. The minimum Gasteiger partial charge on any atom is -0.389 e. The maximum Gasteiger partial charge on any atom is 0.224 e. The van der Waals surface area contributed by atoms with Crippen LogP contribution in [0.25, 0.3) is 0 Å². The fourth-order valence-corrected chi connectivity index (χ4v) is 2.22. The smallest absolute Gasteiger partial charge is 0.224 e. The first-order valence-corrected chi connectivity index (χ1v) is 7.16. The molecule has 0 fully saturated rings. The van der Waals surface area contributed by atoms with Crippen molar-refractivity contribution in [1.29, 1.82) is 0 Å². The van der Waals surface area contributed by atoms with Gasteiger partial charge in [0.05, 0.1) is 5.69 Å². The number of carbonyl (C=O) groups excluding carboxylic acids is 1. The predicted octanol–water partition coefficient (Wildman–Crippen LogP) is 2.24. The van der Waals surface area contributed by atoms with E-state index in [4.69, 9.17) is 18.0 Å². The van der Waals surface area contributed by atoms with E-state index in [0.29, 0.717) is 17.7 Å². The van der Waals surface area contributed by atoms with Crippen molar-refractivity contribution < 1.29 is 4.79 Å². The zero-order chi connectivity index (χ0) is 15.2. The normalized spacial score (nSPS) is 10.3. The number of thiocarbonyl (C=S) groups is 1. The third-order valence-electron chi connectivity index (χ3n) is 3.17. The highest BCUT2D eigenvalue weighted by Crippen LogP contribution is 2.15. The van der Waals surface area contributed by atoms with Crippen LogP contribution >= 0.6 is 12.2 Å². The topological polar surface area (TPSA) is 72.9 Å². The minimum atomic E-state index is -0.0523. The molecule has 110 valence electrons. The number of amides is 1. The maximum atomic E-state index is 12.0. The van der Waals surface area contributed by atoms with Gasteiger partial charge in [0.1, 0.15) is 4.99 Å². The summed E-state index contributed by atoms with van der Waals surface area (Å²) in [4.78, 5) is 12.3. The van der Waals surface area contributed by atoms with Gasteiger partial charge in [-0.25, -0.2) is 0 Å². The number of aromatic nitrogens is 2. The summed E-state index contributed by atoms with van der Waals surface area (Å²) in [6.45, 7) is 2.72. The second-order valence-electron chi connectivity index (χ2n) is 4.76. The molecule has 0 bridgehead atoms. The zero-order valence-electron chi connectivity index (χ0n) is 11.9. The number of anilines is 1. The van der Waals surface area contributed by atoms with E-state index >= 15 is 0 Å². The molecule has 0 aliphatic heterocycles. The molecule has 0 aliphatic rings. The Labute approximate surface area is 129 Å². The fraction of sp³-hybridized carbons (Fsp3) is 0.267. The number of hydrogen-bond donors (Lipinski definition) is 2. The van der Waals surface area contributed by atoms with E-state index in [1.165, 1.54) is 0 Å². The van der Waals surface area contributed by atoms with Gasteiger partial charge in [-0.3, -0.25) is 9.48 Å². The van der Waals surface area contributed by atoms with Crippen molar-refractivity contribution in [3.05, 3.63) is 47.8 Å². The summed E-state index contributed by atoms with van der Waals surface area (Å²) in [5, 5.41) is 7.04. The number of benzene rings is 1. The van der Waals surface area contributed by atoms with Crippen molar-refractivity contribution in [3.63, 3.8) is 0 Å². The molecule has 21 heavy (non-hydrogen) atoms. The molecule has 2 rings (SSSR count). The summed E-state index contributed by atoms with van der Waals surface area (Å²) in [5.74, 6) is -0.0523. The van der Waals surface area contributed by atoms with Gasteiger partial charge in [0, 0.05) is 30.4 Å². The van der Waals surface area contributed by atoms with Crippen LogP contribution in [0.4, 0.5) is 5.69 Å². The van der Waals surface area contributed by atoms with Gasteiger partial charge in [0.2, 0.25) is 5.91 Å². The van der Waals surface area contributed by atoms with E-state index in [9.17, 15) is 4.79 Å². The zero-order valence-corrected chi connectivity index (χ0v) is 12.7. The van der Waals surface area contributed by atoms with Crippen LogP contribution in [-0.2, 0) is 11.3 Å². The molecule has 6 heteroatoms. The summed E-state index contributed by atoms with van der Waals surface area (Å²) in [6, 6.07) is 9.21. The molecular weight excluding hydrogens is 284 g/mol. The molecule has 1 aromatic carbocycles. The first-order valence-electron chi connectivity index (χ1n) is 6.75. The van der Waals surface area contributed by atoms with Crippen LogP contribution in [0.2, 0.25) is 0 Å². The second-order valence-corrected chi connectivity index (χ2v) is 5.20. The molecule has 5 nitrogen and oxygen atoms in total. The van der Waals surface area contributed by atoms with Gasteiger partial charge in [0.25, 0.3) is 0 Å². The SMILES string of the molecule is Cc1ccnn1CCCC(=O)Nc1ccccc1C(N)=S. The van der Waals surface area contributed by atoms with Gasteiger partial charge in [-0.15, -0.1) is 0 Å². The van der Waals surface area contributed by atoms with E-state index in [-0.39, 0.29) is 10.9 Å². The minimum absolute atomic E-state index is 0.0523. The highest BCUT2D eigenvalue weighted by atomic mass is 32.1. The van der Waals surface area contributed by atoms with Gasteiger partial charge in [0.15, 0.2) is 0 Å². The van der Waals surface area contributed by atoms with E-state index in [1.54, 1.807) is 18.3 Å². The lowest BCUT2D eigenvalue weighted by molar-refractivity contribution is -0.116. The monoisotopic (exact) mass is 302 g/mol. The predicted molar refractivity (Wildman–Crippen MR) is 87.2 cm³/mol. The largest absolute Gasteiger partial charge is 0.389 e. The summed E-state index contributed by atoms with van der Waals surface area (Å²) < 4.78 is 1.89. The number of hydrogen-bond acceptors (Lipinski definition) is 3. The molecule has 0 saturated heterocycles. The van der Waals surface area contributed by atoms with Crippen molar-refractivity contribution in [2.45, 2.75) is 26.3 Å². The van der Waals surface area contributed by atoms with Gasteiger partial charge < -0.3 is 11.1 Å². The van der Waals surface area contributed by atoms with Gasteiger partial charge >= 0.3 is 0 Å². The molecule has 1 amide bonds. The van der Waals surface area contributed by atoms with Crippen LogP contribution in [0.3, 0.4) is 0 Å². The number of para-hydroxylation sites is 1. The Balaban J connectivity index is 1.88. The van der Waals surface area contributed by atoms with Gasteiger partial charge in [-0.1, -0.05) is 24.4 Å². The lowest BCUT2D eigenvalue weighted by Gasteiger charge is -2.10. The lowest BCUT2D eigenvalue weighted by atomic mass is 10.1. The van der Waals surface area contributed by atoms with Gasteiger partial charge in [-0.05, 0) is 31.5 Å². The van der Waals surface area contributed by atoms with Crippen molar-refractivity contribution in [2.75, 3.05) is 5.32 Å². The Morgan fingerprint density at radius 1 is 1.38 bits per heavy atom. The van der Waals surface area contributed by atoms with Crippen molar-refractivity contribution in [3.8, 4) is 0 Å². The van der Waals surface area contributed by atoms with E-state index in [0.717, 1.165) is 18.7 Å². The van der Waals surface area contributed by atoms with Crippen LogP contribution in [0.15, 0.2) is 36.5 Å². The number of carbonyl (C=O) groups is 1. The summed E-state index contributed by atoms with van der Waals surface area (Å²) >= 11 is 4.97. The first-order chi connectivity index (χ1) is 10.1. The number of nitrogens with zero attached hydrogens (tertiary/aromatic N) is 2. The number of nitrogens with one attached hydrogen (secondary N) is 1. The van der Waals surface area contributed by atoms with Crippen LogP contribution < -0.4 is 11.1 Å². The first kappa shape index (κ1) is 15.2. The van der Waals surface area contributed by atoms with E-state index in [2.05, 4.69) is 10.4 Å². The lowest BCUT2D eigenvalue weighted by Crippen LogP contribution is -2.17. The van der Waals surface area contributed by atoms with Crippen molar-refractivity contribution in [1.82, 2.24) is 9.78 Å². The maximum absolute atomic E-state index is 12.0. The Morgan fingerprint density at radius 2 is 2.14 bits per heavy atom. The molecule has 1 aromatic heterocycles. The summed E-state index contributed by atoms with van der Waals surface area (Å²) in [5.41, 5.74) is 8.07. The Hall–Kier alpha value is -2.21. The molecule has 0 spiro atoms. The van der Waals surface area contributed by atoms with E-state index < -0.39 is 0 Å². The van der Waals surface area contributed by atoms with Gasteiger partial charge in [-0.2, -0.15) is 5.10 Å². The van der Waals surface area contributed by atoms with Crippen LogP contribution in [-0.4, -0.2) is 20.7 Å². The van der Waals surface area contributed by atoms with Crippen LogP contribution in [0.5, 0.6) is 0 Å².